The van der Waals surface area contributed by atoms with Crippen LogP contribution in [-0.4, -0.2) is 17.8 Å². The van der Waals surface area contributed by atoms with Crippen LogP contribution in [0.4, 0.5) is 0 Å². The van der Waals surface area contributed by atoms with E-state index in [1.54, 1.807) is 0 Å². The molecule has 0 aromatic rings. The molecular weight excluding hydrogens is 269 g/mol. The second-order valence-corrected chi connectivity index (χ2v) is 0. The third kappa shape index (κ3) is 140. The summed E-state index contributed by atoms with van der Waals surface area (Å²) in [6.07, 6.45) is 0. The van der Waals surface area contributed by atoms with E-state index >= 15 is 0 Å². The van der Waals surface area contributed by atoms with Crippen molar-refractivity contribution in [1.82, 2.24) is 0 Å². The fraction of sp³-hybridized carbons (Fsp3) is 1.00. The second kappa shape index (κ2) is 199. The van der Waals surface area contributed by atoms with Crippen LogP contribution in [0.1, 0.15) is 7.43 Å². The van der Waals surface area contributed by atoms with Gasteiger partial charge in [-0.15, -0.1) is 0 Å². The van der Waals surface area contributed by atoms with Gasteiger partial charge >= 0.3 is 0 Å². The summed E-state index contributed by atoms with van der Waals surface area (Å²) in [6, 6.07) is 0. The fourth-order valence-electron chi connectivity index (χ4n) is 0. The summed E-state index contributed by atoms with van der Waals surface area (Å²) in [4.78, 5) is 1.97. The molecule has 50 valence electrons. The highest BCUT2D eigenvalue weighted by molar-refractivity contribution is 14.1. The molecule has 1 nitrogen and oxygen atoms in total. The smallest absolute Gasteiger partial charge is 0.00848 e. The van der Waals surface area contributed by atoms with E-state index in [9.17, 15) is 0 Å². The Morgan fingerprint density at radius 1 is 1.14 bits per heavy atom. The van der Waals surface area contributed by atoms with Gasteiger partial charge < -0.3 is 5.73 Å². The van der Waals surface area contributed by atoms with E-state index in [-0.39, 0.29) is 7.43 Å². The van der Waals surface area contributed by atoms with Crippen LogP contribution in [-0.2, 0) is 0 Å². The molecule has 2 N–H and O–H groups in total. The van der Waals surface area contributed by atoms with Gasteiger partial charge in [-0.25, -0.2) is 0 Å². The molecule has 0 aliphatic rings. The Balaban J connectivity index is -0.00000000900. The van der Waals surface area contributed by atoms with Crippen molar-refractivity contribution >= 4 is 38.5 Å². The van der Waals surface area contributed by atoms with E-state index in [1.165, 1.54) is 7.05 Å². The standard InChI is InChI=1S/CH3Br.CH3I.CH5N.CH4/c3*1-2;/h2*1H3;2H2,1H3;1H4. The van der Waals surface area contributed by atoms with Gasteiger partial charge in [-0.1, -0.05) is 45.9 Å². The summed E-state index contributed by atoms with van der Waals surface area (Å²) in [5.41, 5.74) is 4.50. The number of halogens is 2. The first-order valence-corrected chi connectivity index (χ1v) is 5.08. The van der Waals surface area contributed by atoms with Crippen LogP contribution in [0.2, 0.25) is 0 Å². The molecule has 0 saturated carbocycles. The van der Waals surface area contributed by atoms with Crippen LogP contribution in [0.25, 0.3) is 0 Å². The highest BCUT2D eigenvalue weighted by atomic mass is 127. The summed E-state index contributed by atoms with van der Waals surface area (Å²) in [7, 11) is 1.50. The molecule has 0 rings (SSSR count). The van der Waals surface area contributed by atoms with Gasteiger partial charge in [-0.3, -0.25) is 0 Å². The zero-order valence-electron chi connectivity index (χ0n) is 4.33. The summed E-state index contributed by atoms with van der Waals surface area (Å²) in [6.45, 7) is 0. The van der Waals surface area contributed by atoms with Crippen molar-refractivity contribution < 1.29 is 0 Å². The number of hydrogen-bond donors (Lipinski definition) is 1. The van der Waals surface area contributed by atoms with Crippen molar-refractivity contribution in [2.45, 2.75) is 7.43 Å². The Bertz CT molecular complexity index is 11.7. The molecule has 0 amide bonds. The lowest BCUT2D eigenvalue weighted by Crippen LogP contribution is -1.69. The second-order valence-electron chi connectivity index (χ2n) is 0. The molecule has 0 unspecified atom stereocenters. The van der Waals surface area contributed by atoms with E-state index in [0.717, 1.165) is 0 Å². The van der Waals surface area contributed by atoms with Gasteiger partial charge in [0.15, 0.2) is 0 Å². The van der Waals surface area contributed by atoms with Gasteiger partial charge in [0, 0.05) is 0 Å². The van der Waals surface area contributed by atoms with Crippen LogP contribution in [0.3, 0.4) is 0 Å². The van der Waals surface area contributed by atoms with Crippen LogP contribution < -0.4 is 5.73 Å². The molecule has 0 fully saturated rings. The van der Waals surface area contributed by atoms with Gasteiger partial charge in [0.05, 0.1) is 0 Å². The van der Waals surface area contributed by atoms with Crippen LogP contribution >= 0.6 is 38.5 Å². The molecule has 0 spiro atoms. The first kappa shape index (κ1) is 24.2. The van der Waals surface area contributed by atoms with Crippen molar-refractivity contribution in [3.05, 3.63) is 0 Å². The quantitative estimate of drug-likeness (QED) is 0.536. The summed E-state index contributed by atoms with van der Waals surface area (Å²) < 4.78 is 0. The third-order valence-electron chi connectivity index (χ3n) is 0. The Morgan fingerprint density at radius 2 is 1.14 bits per heavy atom. The summed E-state index contributed by atoms with van der Waals surface area (Å²) >= 11 is 5.09. The van der Waals surface area contributed by atoms with E-state index in [2.05, 4.69) is 44.3 Å². The van der Waals surface area contributed by atoms with Crippen LogP contribution in [0.5, 0.6) is 0 Å². The first-order chi connectivity index (χ1) is 3.00. The molecule has 0 aliphatic carbocycles. The summed E-state index contributed by atoms with van der Waals surface area (Å²) in [5.74, 6) is 1.81. The fourth-order valence-corrected chi connectivity index (χ4v) is 0. The molecule has 7 heavy (non-hydrogen) atoms. The van der Waals surface area contributed by atoms with Gasteiger partial charge in [0.25, 0.3) is 0 Å². The molecule has 0 aromatic heterocycles. The predicted octanol–water partition coefficient (Wildman–Crippen LogP) is 2.27. The molecular formula is C4H15BrIN. The lowest BCUT2D eigenvalue weighted by molar-refractivity contribution is 1.48. The minimum atomic E-state index is 0. The Labute approximate surface area is 69.3 Å². The molecule has 0 heterocycles. The topological polar surface area (TPSA) is 26.0 Å². The molecule has 0 saturated heterocycles. The zero-order valence-corrected chi connectivity index (χ0v) is 8.08. The van der Waals surface area contributed by atoms with Gasteiger partial charge in [-0.05, 0) is 17.8 Å². The Kier molecular flexibility index (Phi) is 688. The van der Waals surface area contributed by atoms with Crippen molar-refractivity contribution in [3.63, 3.8) is 0 Å². The van der Waals surface area contributed by atoms with Crippen LogP contribution in [0, 0.1) is 0 Å². The van der Waals surface area contributed by atoms with Crippen molar-refractivity contribution in [2.24, 2.45) is 5.73 Å². The van der Waals surface area contributed by atoms with E-state index in [0.29, 0.717) is 0 Å². The SMILES string of the molecule is C.CBr.CI.CN. The average molecular weight is 284 g/mol. The van der Waals surface area contributed by atoms with Crippen molar-refractivity contribution in [3.8, 4) is 0 Å². The van der Waals surface area contributed by atoms with Gasteiger partial charge in [0.1, 0.15) is 0 Å². The highest BCUT2D eigenvalue weighted by Gasteiger charge is 0.951. The maximum absolute atomic E-state index is 4.50. The molecule has 0 atom stereocenters. The maximum atomic E-state index is 4.50. The maximum Gasteiger partial charge on any atom is -0.00848 e. The lowest BCUT2D eigenvalue weighted by atomic mass is 11.6. The monoisotopic (exact) mass is 283 g/mol. The molecule has 0 aromatic carbocycles. The minimum absolute atomic E-state index is 0. The highest BCUT2D eigenvalue weighted by Crippen LogP contribution is 1.48. The molecule has 0 aliphatic heterocycles. The van der Waals surface area contributed by atoms with Crippen molar-refractivity contribution in [1.29, 1.82) is 0 Å². The summed E-state index contributed by atoms with van der Waals surface area (Å²) in [5, 5.41) is 0. The zero-order chi connectivity index (χ0) is 6.00. The largest absolute Gasteiger partial charge is 0.333 e. The van der Waals surface area contributed by atoms with E-state index in [4.69, 9.17) is 0 Å². The lowest BCUT2D eigenvalue weighted by Gasteiger charge is -1.19. The number of rotatable bonds is 0. The van der Waals surface area contributed by atoms with Gasteiger partial charge in [-0.2, -0.15) is 0 Å². The average Bonchev–Trinajstić information content (AvgIpc) is 1.81. The van der Waals surface area contributed by atoms with Gasteiger partial charge in [0.2, 0.25) is 0 Å². The predicted molar refractivity (Wildman–Crippen MR) is 51.6 cm³/mol. The molecule has 3 heteroatoms. The normalized spacial score (nSPS) is 2.57. The number of nitrogens with two attached hydrogens (primary N) is 1. The van der Waals surface area contributed by atoms with E-state index < -0.39 is 0 Å². The van der Waals surface area contributed by atoms with Crippen LogP contribution in [0.15, 0.2) is 0 Å². The minimum Gasteiger partial charge on any atom is -0.333 e. The first-order valence-electron chi connectivity index (χ1n) is 1.33. The Hall–Kier alpha value is 1.17. The Morgan fingerprint density at radius 3 is 1.14 bits per heavy atom. The number of alkyl halides is 2. The molecule has 0 bridgehead atoms. The third-order valence-corrected chi connectivity index (χ3v) is 0. The van der Waals surface area contributed by atoms with E-state index in [1.807, 2.05) is 10.8 Å². The number of hydrogen-bond acceptors (Lipinski definition) is 1. The van der Waals surface area contributed by atoms with Crippen molar-refractivity contribution in [2.75, 3.05) is 17.8 Å². The molecule has 0 radical (unpaired) electrons.